The molecule has 0 saturated heterocycles. The van der Waals surface area contributed by atoms with Gasteiger partial charge in [-0.1, -0.05) is 36.4 Å². The lowest BCUT2D eigenvalue weighted by molar-refractivity contribution is 0.903. The van der Waals surface area contributed by atoms with E-state index in [4.69, 9.17) is 0 Å². The van der Waals surface area contributed by atoms with E-state index >= 15 is 0 Å². The van der Waals surface area contributed by atoms with Crippen LogP contribution in [-0.2, 0) is 0 Å². The molecule has 0 aliphatic rings. The molecule has 2 aromatic carbocycles. The third kappa shape index (κ3) is 1.61. The molecule has 0 aliphatic carbocycles. The second kappa shape index (κ2) is 4.63. The van der Waals surface area contributed by atoms with Crippen molar-refractivity contribution in [2.45, 2.75) is 0 Å². The average molecular weight is 290 g/mol. The SMILES string of the molecule is O=Nn1cc(-c2cc3ccccc3n2N=O)c2ccccc21. The maximum atomic E-state index is 11.3. The number of nitroso groups, excluding NO2 is 2. The Morgan fingerprint density at radius 2 is 1.55 bits per heavy atom. The van der Waals surface area contributed by atoms with Crippen LogP contribution in [0.15, 0.2) is 71.4 Å². The summed E-state index contributed by atoms with van der Waals surface area (Å²) >= 11 is 0. The van der Waals surface area contributed by atoms with Gasteiger partial charge in [-0.2, -0.15) is 4.68 Å². The molecule has 4 rings (SSSR count). The molecular formula is C16H10N4O2. The van der Waals surface area contributed by atoms with Crippen LogP contribution in [-0.4, -0.2) is 9.35 Å². The van der Waals surface area contributed by atoms with Gasteiger partial charge in [0.15, 0.2) is 0 Å². The van der Waals surface area contributed by atoms with Gasteiger partial charge >= 0.3 is 0 Å². The van der Waals surface area contributed by atoms with E-state index in [0.717, 1.165) is 21.9 Å². The van der Waals surface area contributed by atoms with E-state index in [9.17, 15) is 9.81 Å². The Morgan fingerprint density at radius 3 is 2.32 bits per heavy atom. The molecule has 0 N–H and O–H groups in total. The normalized spacial score (nSPS) is 11.1. The lowest BCUT2D eigenvalue weighted by Crippen LogP contribution is -1.89. The molecule has 0 atom stereocenters. The van der Waals surface area contributed by atoms with E-state index in [-0.39, 0.29) is 0 Å². The molecule has 0 aliphatic heterocycles. The first-order chi connectivity index (χ1) is 10.8. The molecule has 0 amide bonds. The van der Waals surface area contributed by atoms with Gasteiger partial charge in [-0.3, -0.25) is 0 Å². The van der Waals surface area contributed by atoms with Gasteiger partial charge in [0.25, 0.3) is 0 Å². The van der Waals surface area contributed by atoms with Gasteiger partial charge in [-0.15, -0.1) is 9.81 Å². The zero-order chi connectivity index (χ0) is 15.1. The van der Waals surface area contributed by atoms with E-state index in [0.29, 0.717) is 11.2 Å². The van der Waals surface area contributed by atoms with Gasteiger partial charge < -0.3 is 0 Å². The second-order valence-electron chi connectivity index (χ2n) is 4.97. The Labute approximate surface area is 124 Å². The minimum atomic E-state index is 0.634. The Kier molecular flexibility index (Phi) is 2.62. The second-order valence-corrected chi connectivity index (χ2v) is 4.97. The minimum absolute atomic E-state index is 0.634. The molecule has 0 spiro atoms. The summed E-state index contributed by atoms with van der Waals surface area (Å²) in [5.74, 6) is 0. The van der Waals surface area contributed by atoms with Crippen molar-refractivity contribution in [3.63, 3.8) is 0 Å². The summed E-state index contributed by atoms with van der Waals surface area (Å²) in [4.78, 5) is 22.3. The van der Waals surface area contributed by atoms with Crippen molar-refractivity contribution in [1.29, 1.82) is 0 Å². The van der Waals surface area contributed by atoms with Crippen molar-refractivity contribution in [1.82, 2.24) is 9.35 Å². The van der Waals surface area contributed by atoms with E-state index in [2.05, 4.69) is 10.6 Å². The van der Waals surface area contributed by atoms with Crippen molar-refractivity contribution in [2.75, 3.05) is 0 Å². The van der Waals surface area contributed by atoms with Crippen LogP contribution in [0.1, 0.15) is 0 Å². The maximum Gasteiger partial charge on any atom is 0.0786 e. The van der Waals surface area contributed by atoms with Crippen molar-refractivity contribution in [2.24, 2.45) is 10.6 Å². The highest BCUT2D eigenvalue weighted by atomic mass is 16.3. The van der Waals surface area contributed by atoms with Gasteiger partial charge in [-0.25, -0.2) is 4.68 Å². The molecule has 0 unspecified atom stereocenters. The standard InChI is InChI=1S/C16H10N4O2/c21-17-19-10-13(12-6-2-4-8-15(12)19)16-9-11-5-1-3-7-14(11)20(16)18-22/h1-10H. The number of fused-ring (bicyclic) bond motifs is 2. The first-order valence-corrected chi connectivity index (χ1v) is 6.71. The van der Waals surface area contributed by atoms with Gasteiger partial charge in [0, 0.05) is 22.5 Å². The lowest BCUT2D eigenvalue weighted by Gasteiger charge is -1.99. The van der Waals surface area contributed by atoms with Crippen LogP contribution in [0.2, 0.25) is 0 Å². The predicted molar refractivity (Wildman–Crippen MR) is 85.3 cm³/mol. The minimum Gasteiger partial charge on any atom is -0.203 e. The van der Waals surface area contributed by atoms with Crippen LogP contribution in [0.5, 0.6) is 0 Å². The van der Waals surface area contributed by atoms with Crippen LogP contribution >= 0.6 is 0 Å². The van der Waals surface area contributed by atoms with Gasteiger partial charge in [0.1, 0.15) is 0 Å². The molecule has 4 aromatic rings. The van der Waals surface area contributed by atoms with Crippen LogP contribution in [0.3, 0.4) is 0 Å². The molecular weight excluding hydrogens is 280 g/mol. The van der Waals surface area contributed by atoms with Gasteiger partial charge in [-0.05, 0) is 18.2 Å². The van der Waals surface area contributed by atoms with Crippen LogP contribution in [0.4, 0.5) is 0 Å². The van der Waals surface area contributed by atoms with E-state index in [1.165, 1.54) is 9.35 Å². The first kappa shape index (κ1) is 12.5. The average Bonchev–Trinajstić information content (AvgIpc) is 3.12. The molecule has 6 heteroatoms. The van der Waals surface area contributed by atoms with Crippen molar-refractivity contribution in [3.8, 4) is 11.3 Å². The van der Waals surface area contributed by atoms with Crippen LogP contribution < -0.4 is 0 Å². The smallest absolute Gasteiger partial charge is 0.0786 e. The Hall–Kier alpha value is -3.28. The summed E-state index contributed by atoms with van der Waals surface area (Å²) in [6.07, 6.45) is 1.62. The number of aromatic nitrogens is 2. The fourth-order valence-corrected chi connectivity index (χ4v) is 2.85. The zero-order valence-corrected chi connectivity index (χ0v) is 11.4. The summed E-state index contributed by atoms with van der Waals surface area (Å²) in [5.41, 5.74) is 2.79. The van der Waals surface area contributed by atoms with E-state index in [1.54, 1.807) is 6.20 Å². The Bertz CT molecular complexity index is 1030. The first-order valence-electron chi connectivity index (χ1n) is 6.71. The predicted octanol–water partition coefficient (Wildman–Crippen LogP) is 4.32. The van der Waals surface area contributed by atoms with Gasteiger partial charge in [0.05, 0.1) is 27.3 Å². The van der Waals surface area contributed by atoms with E-state index in [1.807, 2.05) is 54.6 Å². The highest BCUT2D eigenvalue weighted by Crippen LogP contribution is 2.34. The van der Waals surface area contributed by atoms with Gasteiger partial charge in [0.2, 0.25) is 0 Å². The monoisotopic (exact) mass is 290 g/mol. The third-order valence-corrected chi connectivity index (χ3v) is 3.82. The molecule has 2 aromatic heterocycles. The van der Waals surface area contributed by atoms with Crippen molar-refractivity contribution < 1.29 is 0 Å². The molecule has 106 valence electrons. The summed E-state index contributed by atoms with van der Waals surface area (Å²) in [5, 5.41) is 7.88. The molecule has 0 saturated carbocycles. The summed E-state index contributed by atoms with van der Waals surface area (Å²) in [6, 6.07) is 16.8. The highest BCUT2D eigenvalue weighted by Gasteiger charge is 2.16. The fourth-order valence-electron chi connectivity index (χ4n) is 2.85. The number of hydrogen-bond acceptors (Lipinski definition) is 4. The van der Waals surface area contributed by atoms with E-state index < -0.39 is 0 Å². The number of nitrogens with zero attached hydrogens (tertiary/aromatic N) is 4. The maximum absolute atomic E-state index is 11.3. The molecule has 0 fully saturated rings. The molecule has 0 bridgehead atoms. The number of hydrogen-bond donors (Lipinski definition) is 0. The van der Waals surface area contributed by atoms with Crippen molar-refractivity contribution in [3.05, 3.63) is 70.6 Å². The summed E-state index contributed by atoms with van der Waals surface area (Å²) in [6.45, 7) is 0. The molecule has 6 nitrogen and oxygen atoms in total. The number of para-hydroxylation sites is 2. The van der Waals surface area contributed by atoms with Crippen LogP contribution in [0.25, 0.3) is 33.1 Å². The summed E-state index contributed by atoms with van der Waals surface area (Å²) < 4.78 is 2.60. The topological polar surface area (TPSA) is 68.7 Å². The number of rotatable bonds is 3. The molecule has 0 radical (unpaired) electrons. The summed E-state index contributed by atoms with van der Waals surface area (Å²) in [7, 11) is 0. The number of benzene rings is 2. The van der Waals surface area contributed by atoms with Crippen molar-refractivity contribution >= 4 is 21.8 Å². The Balaban J connectivity index is 2.11. The highest BCUT2D eigenvalue weighted by molar-refractivity contribution is 5.98. The Morgan fingerprint density at radius 1 is 0.818 bits per heavy atom. The van der Waals surface area contributed by atoms with Crippen LogP contribution in [0, 0.1) is 9.81 Å². The molecule has 22 heavy (non-hydrogen) atoms. The zero-order valence-electron chi connectivity index (χ0n) is 11.4. The quantitative estimate of drug-likeness (QED) is 0.527. The largest absolute Gasteiger partial charge is 0.203 e. The fraction of sp³-hybridized carbons (Fsp3) is 0. The molecule has 2 heterocycles. The lowest BCUT2D eigenvalue weighted by atomic mass is 10.1. The third-order valence-electron chi connectivity index (χ3n) is 3.82.